The molecule has 0 radical (unpaired) electrons. The van der Waals surface area contributed by atoms with Crippen LogP contribution in [0.15, 0.2) is 55.0 Å². The van der Waals surface area contributed by atoms with Crippen LogP contribution in [0.2, 0.25) is 5.02 Å². The standard InChI is InChI=1S/C15H15N3O.C7H6ClNO2/c16-7-10-5-13(9-17-8-10)11-1-3-14-12(6-11)2-4-15(19)18-14;1-11-7(10)6-5(8)3-2-4-9-6/h1,3,5-6,8-9H,2,4,7,16H2,(H,18,19);2-4H,1H3. The Bertz CT molecular complexity index is 1070. The van der Waals surface area contributed by atoms with Crippen LogP contribution in [0.4, 0.5) is 5.69 Å². The maximum Gasteiger partial charge on any atom is 0.358 e. The summed E-state index contributed by atoms with van der Waals surface area (Å²) in [5, 5.41) is 3.19. The Hall–Kier alpha value is -3.29. The van der Waals surface area contributed by atoms with Crippen LogP contribution < -0.4 is 11.1 Å². The third kappa shape index (κ3) is 5.20. The van der Waals surface area contributed by atoms with E-state index in [2.05, 4.69) is 32.2 Å². The van der Waals surface area contributed by atoms with Crippen LogP contribution in [0.25, 0.3) is 11.1 Å². The molecule has 0 bridgehead atoms. The van der Waals surface area contributed by atoms with Gasteiger partial charge in [0.1, 0.15) is 0 Å². The van der Waals surface area contributed by atoms with Crippen molar-refractivity contribution in [3.8, 4) is 11.1 Å². The van der Waals surface area contributed by atoms with Gasteiger partial charge in [0, 0.05) is 42.8 Å². The first-order valence-corrected chi connectivity index (χ1v) is 9.65. The molecule has 1 aliphatic heterocycles. The molecular weight excluding hydrogens is 404 g/mol. The van der Waals surface area contributed by atoms with Gasteiger partial charge < -0.3 is 15.8 Å². The lowest BCUT2D eigenvalue weighted by atomic mass is 9.97. The molecule has 0 atom stereocenters. The number of amides is 1. The molecule has 7 nitrogen and oxygen atoms in total. The van der Waals surface area contributed by atoms with E-state index in [9.17, 15) is 9.59 Å². The largest absolute Gasteiger partial charge is 0.464 e. The van der Waals surface area contributed by atoms with Crippen LogP contribution in [0.5, 0.6) is 0 Å². The summed E-state index contributed by atoms with van der Waals surface area (Å²) in [6.07, 6.45) is 6.44. The van der Waals surface area contributed by atoms with Crippen LogP contribution in [-0.4, -0.2) is 29.0 Å². The molecule has 3 aromatic rings. The highest BCUT2D eigenvalue weighted by Gasteiger charge is 2.15. The van der Waals surface area contributed by atoms with Crippen LogP contribution in [0.1, 0.15) is 28.0 Å². The van der Waals surface area contributed by atoms with Crippen molar-refractivity contribution in [2.45, 2.75) is 19.4 Å². The van der Waals surface area contributed by atoms with E-state index in [1.165, 1.54) is 18.9 Å². The number of halogens is 1. The SMILES string of the molecule is COC(=O)c1ncccc1Cl.NCc1cncc(-c2ccc3c(c2)CCC(=O)N3)c1. The Morgan fingerprint density at radius 3 is 2.77 bits per heavy atom. The predicted molar refractivity (Wildman–Crippen MR) is 115 cm³/mol. The first-order chi connectivity index (χ1) is 14.5. The average molecular weight is 425 g/mol. The Kier molecular flexibility index (Phi) is 7.11. The Balaban J connectivity index is 0.000000199. The van der Waals surface area contributed by atoms with E-state index in [0.717, 1.165) is 28.8 Å². The quantitative estimate of drug-likeness (QED) is 0.622. The zero-order valence-corrected chi connectivity index (χ0v) is 17.1. The number of nitrogens with two attached hydrogens (primary N) is 1. The molecule has 0 saturated heterocycles. The fourth-order valence-corrected chi connectivity index (χ4v) is 3.15. The lowest BCUT2D eigenvalue weighted by molar-refractivity contribution is -0.116. The number of fused-ring (bicyclic) bond motifs is 1. The smallest absolute Gasteiger partial charge is 0.358 e. The fourth-order valence-electron chi connectivity index (χ4n) is 2.95. The Labute approximate surface area is 179 Å². The van der Waals surface area contributed by atoms with E-state index in [1.807, 2.05) is 18.3 Å². The summed E-state index contributed by atoms with van der Waals surface area (Å²) in [5.74, 6) is -0.428. The lowest BCUT2D eigenvalue weighted by Crippen LogP contribution is -2.18. The minimum atomic E-state index is -0.518. The van der Waals surface area contributed by atoms with Gasteiger partial charge >= 0.3 is 5.97 Å². The fraction of sp³-hybridized carbons (Fsp3) is 0.182. The molecule has 3 N–H and O–H groups in total. The number of pyridine rings is 2. The van der Waals surface area contributed by atoms with E-state index < -0.39 is 5.97 Å². The molecule has 1 aliphatic rings. The summed E-state index contributed by atoms with van der Waals surface area (Å²) in [4.78, 5) is 30.1. The topological polar surface area (TPSA) is 107 Å². The van der Waals surface area contributed by atoms with Gasteiger partial charge in [0.2, 0.25) is 5.91 Å². The third-order valence-corrected chi connectivity index (χ3v) is 4.81. The normalized spacial score (nSPS) is 12.2. The molecule has 0 unspecified atom stereocenters. The number of carbonyl (C=O) groups excluding carboxylic acids is 2. The van der Waals surface area contributed by atoms with Crippen LogP contribution in [-0.2, 0) is 22.5 Å². The maximum atomic E-state index is 11.3. The van der Waals surface area contributed by atoms with Gasteiger partial charge in [-0.1, -0.05) is 17.7 Å². The second-order valence-electron chi connectivity index (χ2n) is 6.53. The summed E-state index contributed by atoms with van der Waals surface area (Å²) in [6.45, 7) is 0.488. The number of hydrogen-bond acceptors (Lipinski definition) is 6. The van der Waals surface area contributed by atoms with Gasteiger partial charge in [-0.15, -0.1) is 0 Å². The van der Waals surface area contributed by atoms with Gasteiger partial charge in [-0.2, -0.15) is 0 Å². The van der Waals surface area contributed by atoms with Crippen molar-refractivity contribution in [3.05, 3.63) is 76.8 Å². The summed E-state index contributed by atoms with van der Waals surface area (Å²) in [5.41, 5.74) is 11.1. The molecule has 8 heteroatoms. The highest BCUT2D eigenvalue weighted by molar-refractivity contribution is 6.33. The third-order valence-electron chi connectivity index (χ3n) is 4.50. The summed E-state index contributed by atoms with van der Waals surface area (Å²) in [6, 6.07) is 11.4. The highest BCUT2D eigenvalue weighted by Crippen LogP contribution is 2.28. The van der Waals surface area contributed by atoms with Gasteiger partial charge in [-0.3, -0.25) is 9.78 Å². The summed E-state index contributed by atoms with van der Waals surface area (Å²) >= 11 is 5.63. The molecular formula is C22H21ClN4O3. The van der Waals surface area contributed by atoms with Gasteiger partial charge in [-0.05, 0) is 53.4 Å². The van der Waals surface area contributed by atoms with E-state index in [1.54, 1.807) is 18.3 Å². The molecule has 30 heavy (non-hydrogen) atoms. The Morgan fingerprint density at radius 2 is 2.03 bits per heavy atom. The molecule has 3 heterocycles. The predicted octanol–water partition coefficient (Wildman–Crippen LogP) is 3.61. The number of aromatic nitrogens is 2. The van der Waals surface area contributed by atoms with Crippen LogP contribution in [0, 0.1) is 0 Å². The molecule has 0 saturated carbocycles. The van der Waals surface area contributed by atoms with Gasteiger partial charge in [-0.25, -0.2) is 9.78 Å². The van der Waals surface area contributed by atoms with Gasteiger partial charge in [0.05, 0.1) is 12.1 Å². The molecule has 0 spiro atoms. The number of esters is 1. The summed E-state index contributed by atoms with van der Waals surface area (Å²) < 4.78 is 4.43. The van der Waals surface area contributed by atoms with Crippen molar-refractivity contribution in [2.24, 2.45) is 5.73 Å². The van der Waals surface area contributed by atoms with Gasteiger partial charge in [0.25, 0.3) is 0 Å². The molecule has 0 aliphatic carbocycles. The number of benzene rings is 1. The van der Waals surface area contributed by atoms with E-state index in [4.69, 9.17) is 17.3 Å². The van der Waals surface area contributed by atoms with Crippen molar-refractivity contribution in [3.63, 3.8) is 0 Å². The number of ether oxygens (including phenoxy) is 1. The van der Waals surface area contributed by atoms with Crippen LogP contribution in [0.3, 0.4) is 0 Å². The van der Waals surface area contributed by atoms with E-state index in [0.29, 0.717) is 18.0 Å². The molecule has 154 valence electrons. The first-order valence-electron chi connectivity index (χ1n) is 9.27. The second-order valence-corrected chi connectivity index (χ2v) is 6.94. The zero-order chi connectivity index (χ0) is 21.5. The Morgan fingerprint density at radius 1 is 1.20 bits per heavy atom. The van der Waals surface area contributed by atoms with Crippen molar-refractivity contribution in [1.29, 1.82) is 0 Å². The zero-order valence-electron chi connectivity index (χ0n) is 16.4. The first kappa shape index (κ1) is 21.4. The number of methoxy groups -OCH3 is 1. The molecule has 2 aromatic heterocycles. The number of anilines is 1. The second kappa shape index (κ2) is 9.96. The van der Waals surface area contributed by atoms with Crippen molar-refractivity contribution < 1.29 is 14.3 Å². The maximum absolute atomic E-state index is 11.3. The van der Waals surface area contributed by atoms with E-state index >= 15 is 0 Å². The average Bonchev–Trinajstić information content (AvgIpc) is 2.79. The monoisotopic (exact) mass is 424 g/mol. The number of hydrogen-bond donors (Lipinski definition) is 2. The van der Waals surface area contributed by atoms with E-state index in [-0.39, 0.29) is 11.6 Å². The number of rotatable bonds is 3. The lowest BCUT2D eigenvalue weighted by Gasteiger charge is -2.17. The van der Waals surface area contributed by atoms with Crippen molar-refractivity contribution >= 4 is 29.2 Å². The molecule has 1 amide bonds. The minimum absolute atomic E-state index is 0.0899. The molecule has 1 aromatic carbocycles. The number of nitrogens with zero attached hydrogens (tertiary/aromatic N) is 2. The summed E-state index contributed by atoms with van der Waals surface area (Å²) in [7, 11) is 1.29. The molecule has 0 fully saturated rings. The van der Waals surface area contributed by atoms with Crippen LogP contribution >= 0.6 is 11.6 Å². The number of aryl methyl sites for hydroxylation is 1. The van der Waals surface area contributed by atoms with Crippen molar-refractivity contribution in [2.75, 3.05) is 12.4 Å². The molecule has 4 rings (SSSR count). The van der Waals surface area contributed by atoms with Crippen molar-refractivity contribution in [1.82, 2.24) is 9.97 Å². The number of carbonyl (C=O) groups is 2. The highest BCUT2D eigenvalue weighted by atomic mass is 35.5. The number of nitrogens with one attached hydrogen (secondary N) is 1. The minimum Gasteiger partial charge on any atom is -0.464 e. The van der Waals surface area contributed by atoms with Gasteiger partial charge in [0.15, 0.2) is 5.69 Å².